The molecule has 0 fully saturated rings. The van der Waals surface area contributed by atoms with E-state index in [0.29, 0.717) is 12.5 Å². The largest absolute Gasteiger partial charge is 0.370 e. The summed E-state index contributed by atoms with van der Waals surface area (Å²) in [7, 11) is -3.32. The van der Waals surface area contributed by atoms with E-state index in [-0.39, 0.29) is 11.8 Å². The molecule has 140 valence electrons. The third kappa shape index (κ3) is 6.85. The summed E-state index contributed by atoms with van der Waals surface area (Å²) >= 11 is 0. The molecule has 2 rings (SSSR count). The smallest absolute Gasteiger partial charge is 0.216 e. The molecule has 0 atom stereocenters. The lowest BCUT2D eigenvalue weighted by molar-refractivity contribution is 0.569. The highest BCUT2D eigenvalue weighted by Crippen LogP contribution is 2.10. The standard InChI is InChI=1S/C19H26N4O2S/c1-14(2)23-26(24,25)13-17-8-6-16(7-9-17)12-21-19(20)22-18-10-4-15(3)5-11-18/h4-11,14,23H,12-13H2,1-3H3,(H3,20,21,22). The van der Waals surface area contributed by atoms with Crippen molar-refractivity contribution in [2.75, 3.05) is 5.32 Å². The van der Waals surface area contributed by atoms with Crippen LogP contribution in [0.5, 0.6) is 0 Å². The van der Waals surface area contributed by atoms with Gasteiger partial charge in [0.2, 0.25) is 10.0 Å². The molecule has 0 aliphatic rings. The van der Waals surface area contributed by atoms with E-state index in [1.165, 1.54) is 5.56 Å². The third-order valence-corrected chi connectivity index (χ3v) is 5.09. The first-order valence-electron chi connectivity index (χ1n) is 8.45. The van der Waals surface area contributed by atoms with Crippen LogP contribution in [0.2, 0.25) is 0 Å². The SMILES string of the molecule is Cc1ccc(NC(N)=NCc2ccc(CS(=O)(=O)NC(C)C)cc2)cc1. The first kappa shape index (κ1) is 19.9. The lowest BCUT2D eigenvalue weighted by Gasteiger charge is -2.10. The van der Waals surface area contributed by atoms with E-state index in [9.17, 15) is 8.42 Å². The van der Waals surface area contributed by atoms with Crippen LogP contribution >= 0.6 is 0 Å². The van der Waals surface area contributed by atoms with E-state index in [1.807, 2.05) is 43.3 Å². The van der Waals surface area contributed by atoms with Gasteiger partial charge >= 0.3 is 0 Å². The van der Waals surface area contributed by atoms with E-state index in [1.54, 1.807) is 26.0 Å². The number of rotatable bonds is 7. The normalized spacial score (nSPS) is 12.4. The molecule has 0 amide bonds. The Labute approximate surface area is 155 Å². The first-order valence-corrected chi connectivity index (χ1v) is 10.1. The Balaban J connectivity index is 1.93. The molecular weight excluding hydrogens is 348 g/mol. The Kier molecular flexibility index (Phi) is 6.76. The number of sulfonamides is 1. The Hall–Kier alpha value is -2.38. The zero-order valence-corrected chi connectivity index (χ0v) is 16.2. The minimum atomic E-state index is -3.32. The van der Waals surface area contributed by atoms with Gasteiger partial charge in [-0.2, -0.15) is 0 Å². The highest BCUT2D eigenvalue weighted by molar-refractivity contribution is 7.88. The lowest BCUT2D eigenvalue weighted by Crippen LogP contribution is -2.31. The van der Waals surface area contributed by atoms with Crippen molar-refractivity contribution in [1.29, 1.82) is 0 Å². The molecule has 6 nitrogen and oxygen atoms in total. The number of aryl methyl sites for hydroxylation is 1. The number of benzene rings is 2. The molecule has 7 heteroatoms. The van der Waals surface area contributed by atoms with Gasteiger partial charge in [-0.05, 0) is 44.0 Å². The fourth-order valence-electron chi connectivity index (χ4n) is 2.36. The Bertz CT molecular complexity index is 842. The monoisotopic (exact) mass is 374 g/mol. The van der Waals surface area contributed by atoms with Crippen molar-refractivity contribution in [2.45, 2.75) is 39.1 Å². The van der Waals surface area contributed by atoms with Crippen LogP contribution in [0.4, 0.5) is 5.69 Å². The van der Waals surface area contributed by atoms with Crippen LogP contribution in [0.15, 0.2) is 53.5 Å². The van der Waals surface area contributed by atoms with E-state index >= 15 is 0 Å². The van der Waals surface area contributed by atoms with E-state index < -0.39 is 10.0 Å². The summed E-state index contributed by atoms with van der Waals surface area (Å²) in [6.45, 7) is 6.04. The summed E-state index contributed by atoms with van der Waals surface area (Å²) < 4.78 is 26.5. The number of aliphatic imine (C=N–C) groups is 1. The number of nitrogens with two attached hydrogens (primary N) is 1. The van der Waals surface area contributed by atoms with Gasteiger partial charge in [-0.15, -0.1) is 0 Å². The minimum absolute atomic E-state index is 0.0359. The van der Waals surface area contributed by atoms with Gasteiger partial charge in [0.05, 0.1) is 12.3 Å². The van der Waals surface area contributed by atoms with Gasteiger partial charge in [0.1, 0.15) is 0 Å². The van der Waals surface area contributed by atoms with Crippen molar-refractivity contribution in [2.24, 2.45) is 10.7 Å². The number of anilines is 1. The summed E-state index contributed by atoms with van der Waals surface area (Å²) in [4.78, 5) is 4.31. The Morgan fingerprint density at radius 2 is 1.62 bits per heavy atom. The predicted molar refractivity (Wildman–Crippen MR) is 107 cm³/mol. The molecule has 26 heavy (non-hydrogen) atoms. The second kappa shape index (κ2) is 8.82. The maximum Gasteiger partial charge on any atom is 0.216 e. The highest BCUT2D eigenvalue weighted by Gasteiger charge is 2.12. The van der Waals surface area contributed by atoms with Crippen LogP contribution in [0.1, 0.15) is 30.5 Å². The molecule has 0 saturated heterocycles. The zero-order chi connectivity index (χ0) is 19.2. The van der Waals surface area contributed by atoms with Crippen molar-refractivity contribution in [3.8, 4) is 0 Å². The summed E-state index contributed by atoms with van der Waals surface area (Å²) in [5, 5.41) is 3.04. The molecule has 0 spiro atoms. The van der Waals surface area contributed by atoms with Crippen molar-refractivity contribution in [1.82, 2.24) is 4.72 Å². The lowest BCUT2D eigenvalue weighted by atomic mass is 10.1. The molecule has 0 saturated carbocycles. The average molecular weight is 375 g/mol. The molecular formula is C19H26N4O2S. The molecule has 0 unspecified atom stereocenters. The first-order chi connectivity index (χ1) is 12.2. The Morgan fingerprint density at radius 1 is 1.04 bits per heavy atom. The van der Waals surface area contributed by atoms with Crippen molar-refractivity contribution < 1.29 is 8.42 Å². The molecule has 0 aliphatic heterocycles. The number of guanidine groups is 1. The van der Waals surface area contributed by atoms with Crippen LogP contribution < -0.4 is 15.8 Å². The van der Waals surface area contributed by atoms with E-state index in [4.69, 9.17) is 5.73 Å². The maximum absolute atomic E-state index is 11.9. The molecule has 4 N–H and O–H groups in total. The van der Waals surface area contributed by atoms with Crippen LogP contribution in [0.3, 0.4) is 0 Å². The van der Waals surface area contributed by atoms with Crippen molar-refractivity contribution >= 4 is 21.7 Å². The van der Waals surface area contributed by atoms with E-state index in [0.717, 1.165) is 16.8 Å². The molecule has 2 aromatic carbocycles. The highest BCUT2D eigenvalue weighted by atomic mass is 32.2. The van der Waals surface area contributed by atoms with Gasteiger partial charge in [-0.25, -0.2) is 18.1 Å². The van der Waals surface area contributed by atoms with Gasteiger partial charge in [0.15, 0.2) is 5.96 Å². The van der Waals surface area contributed by atoms with Crippen LogP contribution in [-0.2, 0) is 22.3 Å². The topological polar surface area (TPSA) is 96.6 Å². The van der Waals surface area contributed by atoms with Gasteiger partial charge in [-0.1, -0.05) is 42.0 Å². The molecule has 0 radical (unpaired) electrons. The van der Waals surface area contributed by atoms with Gasteiger partial charge in [0.25, 0.3) is 0 Å². The molecule has 0 bridgehead atoms. The van der Waals surface area contributed by atoms with Crippen molar-refractivity contribution in [3.63, 3.8) is 0 Å². The summed E-state index contributed by atoms with van der Waals surface area (Å²) in [5.74, 6) is 0.299. The maximum atomic E-state index is 11.9. The molecule has 0 aromatic heterocycles. The fraction of sp³-hybridized carbons (Fsp3) is 0.316. The fourth-order valence-corrected chi connectivity index (χ4v) is 3.79. The van der Waals surface area contributed by atoms with Gasteiger partial charge in [0, 0.05) is 11.7 Å². The second-order valence-corrected chi connectivity index (χ2v) is 8.29. The van der Waals surface area contributed by atoms with Crippen LogP contribution in [0.25, 0.3) is 0 Å². The van der Waals surface area contributed by atoms with Gasteiger partial charge in [-0.3, -0.25) is 0 Å². The summed E-state index contributed by atoms with van der Waals surface area (Å²) in [5.41, 5.74) is 9.65. The van der Waals surface area contributed by atoms with Crippen molar-refractivity contribution in [3.05, 3.63) is 65.2 Å². The van der Waals surface area contributed by atoms with Crippen LogP contribution in [-0.4, -0.2) is 20.4 Å². The predicted octanol–water partition coefficient (Wildman–Crippen LogP) is 2.75. The average Bonchev–Trinajstić information content (AvgIpc) is 2.55. The number of nitrogens with zero attached hydrogens (tertiary/aromatic N) is 1. The van der Waals surface area contributed by atoms with Gasteiger partial charge < -0.3 is 11.1 Å². The summed E-state index contributed by atoms with van der Waals surface area (Å²) in [6.07, 6.45) is 0. The molecule has 2 aromatic rings. The number of hydrogen-bond acceptors (Lipinski definition) is 3. The van der Waals surface area contributed by atoms with E-state index in [2.05, 4.69) is 15.0 Å². The zero-order valence-electron chi connectivity index (χ0n) is 15.4. The third-order valence-electron chi connectivity index (χ3n) is 3.55. The minimum Gasteiger partial charge on any atom is -0.370 e. The number of nitrogens with one attached hydrogen (secondary N) is 2. The second-order valence-electron chi connectivity index (χ2n) is 6.54. The molecule has 0 aliphatic carbocycles. The quantitative estimate of drug-likeness (QED) is 0.513. The number of hydrogen-bond donors (Lipinski definition) is 3. The summed E-state index contributed by atoms with van der Waals surface area (Å²) in [6, 6.07) is 15.1. The Morgan fingerprint density at radius 3 is 2.19 bits per heavy atom. The van der Waals surface area contributed by atoms with Crippen LogP contribution in [0, 0.1) is 6.92 Å². The molecule has 0 heterocycles.